The third kappa shape index (κ3) is 1.54. The van der Waals surface area contributed by atoms with Gasteiger partial charge in [-0.25, -0.2) is 0 Å². The van der Waals surface area contributed by atoms with E-state index in [0.29, 0.717) is 0 Å². The lowest BCUT2D eigenvalue weighted by atomic mass is 9.82. The van der Waals surface area contributed by atoms with Crippen molar-refractivity contribution in [3.05, 3.63) is 70.4 Å². The number of aromatic amines is 2. The quantitative estimate of drug-likeness (QED) is 0.701. The molecule has 86 valence electrons. The van der Waals surface area contributed by atoms with Gasteiger partial charge >= 0.3 is 0 Å². The Balaban J connectivity index is 2.21. The Morgan fingerprint density at radius 1 is 0.941 bits per heavy atom. The Hall–Kier alpha value is -1.74. The summed E-state index contributed by atoms with van der Waals surface area (Å²) in [6.45, 7) is 2.25. The third-order valence-corrected chi connectivity index (χ3v) is 4.38. The fraction of sp³-hybridized carbons (Fsp3) is 0.143. The van der Waals surface area contributed by atoms with E-state index in [4.69, 9.17) is 0 Å². The average Bonchev–Trinajstić information content (AvgIpc) is 3.10. The first-order valence-electron chi connectivity index (χ1n) is 5.63. The van der Waals surface area contributed by atoms with Crippen LogP contribution in [0.15, 0.2) is 54.2 Å². The van der Waals surface area contributed by atoms with Crippen LogP contribution in [-0.4, -0.2) is 9.97 Å². The van der Waals surface area contributed by atoms with Crippen LogP contribution in [0.4, 0.5) is 0 Å². The molecule has 0 spiro atoms. The molecular weight excluding hydrogens is 228 g/mol. The van der Waals surface area contributed by atoms with Crippen molar-refractivity contribution in [1.29, 1.82) is 0 Å². The number of rotatable bonds is 3. The van der Waals surface area contributed by atoms with Gasteiger partial charge in [0.1, 0.15) is 0 Å². The molecule has 0 unspecified atom stereocenters. The highest BCUT2D eigenvalue weighted by molar-refractivity contribution is 7.10. The van der Waals surface area contributed by atoms with E-state index in [1.54, 1.807) is 11.3 Å². The van der Waals surface area contributed by atoms with E-state index in [0.717, 1.165) is 0 Å². The molecule has 3 rings (SSSR count). The molecule has 0 amide bonds. The fourth-order valence-electron chi connectivity index (χ4n) is 2.26. The maximum atomic E-state index is 3.34. The predicted octanol–water partition coefficient (Wildman–Crippen LogP) is 3.76. The molecule has 0 saturated carbocycles. The average molecular weight is 242 g/mol. The molecule has 0 bridgehead atoms. The van der Waals surface area contributed by atoms with Gasteiger partial charge in [0.25, 0.3) is 0 Å². The van der Waals surface area contributed by atoms with Gasteiger partial charge in [0.15, 0.2) is 0 Å². The van der Waals surface area contributed by atoms with E-state index in [1.807, 2.05) is 24.5 Å². The molecule has 3 aromatic rings. The fourth-order valence-corrected chi connectivity index (χ4v) is 3.17. The van der Waals surface area contributed by atoms with E-state index in [9.17, 15) is 0 Å². The SMILES string of the molecule is CC(c1ccc[nH]1)(c1ccc[nH]1)c1cccs1. The van der Waals surface area contributed by atoms with Gasteiger partial charge in [-0.05, 0) is 42.6 Å². The molecule has 2 nitrogen and oxygen atoms in total. The second kappa shape index (κ2) is 3.93. The molecule has 0 aliphatic heterocycles. The van der Waals surface area contributed by atoms with Gasteiger partial charge < -0.3 is 9.97 Å². The van der Waals surface area contributed by atoms with Gasteiger partial charge in [-0.3, -0.25) is 0 Å². The van der Waals surface area contributed by atoms with Gasteiger partial charge in [-0.15, -0.1) is 11.3 Å². The summed E-state index contributed by atoms with van der Waals surface area (Å²) < 4.78 is 0. The Morgan fingerprint density at radius 2 is 1.59 bits per heavy atom. The molecule has 0 atom stereocenters. The monoisotopic (exact) mass is 242 g/mol. The molecule has 0 radical (unpaired) electrons. The molecule has 0 saturated heterocycles. The first kappa shape index (κ1) is 10.4. The second-order valence-electron chi connectivity index (χ2n) is 4.27. The maximum Gasteiger partial charge on any atom is 0.0816 e. The summed E-state index contributed by atoms with van der Waals surface area (Å²) in [6, 6.07) is 12.7. The first-order valence-corrected chi connectivity index (χ1v) is 6.51. The molecule has 0 aromatic carbocycles. The highest BCUT2D eigenvalue weighted by Crippen LogP contribution is 2.39. The molecule has 3 heteroatoms. The summed E-state index contributed by atoms with van der Waals surface area (Å²) in [4.78, 5) is 8.02. The zero-order valence-electron chi connectivity index (χ0n) is 9.60. The van der Waals surface area contributed by atoms with Crippen molar-refractivity contribution in [2.75, 3.05) is 0 Å². The number of aromatic nitrogens is 2. The van der Waals surface area contributed by atoms with Crippen LogP contribution in [-0.2, 0) is 5.41 Å². The highest BCUT2D eigenvalue weighted by atomic mass is 32.1. The summed E-state index contributed by atoms with van der Waals surface area (Å²) in [5, 5.41) is 2.12. The summed E-state index contributed by atoms with van der Waals surface area (Å²) in [5.41, 5.74) is 2.30. The molecule has 0 aliphatic rings. The van der Waals surface area contributed by atoms with E-state index in [2.05, 4.69) is 46.5 Å². The van der Waals surface area contributed by atoms with Crippen molar-refractivity contribution < 1.29 is 0 Å². The van der Waals surface area contributed by atoms with Crippen LogP contribution in [0.25, 0.3) is 0 Å². The van der Waals surface area contributed by atoms with Crippen molar-refractivity contribution >= 4 is 11.3 Å². The smallest absolute Gasteiger partial charge is 0.0816 e. The van der Waals surface area contributed by atoms with Crippen molar-refractivity contribution in [1.82, 2.24) is 9.97 Å². The number of hydrogen-bond donors (Lipinski definition) is 2. The lowest BCUT2D eigenvalue weighted by Crippen LogP contribution is -2.24. The number of hydrogen-bond acceptors (Lipinski definition) is 1. The third-order valence-electron chi connectivity index (χ3n) is 3.29. The maximum absolute atomic E-state index is 3.34. The summed E-state index contributed by atoms with van der Waals surface area (Å²) in [5.74, 6) is 0. The lowest BCUT2D eigenvalue weighted by molar-refractivity contribution is 0.665. The van der Waals surface area contributed by atoms with Crippen LogP contribution in [0.1, 0.15) is 23.2 Å². The largest absolute Gasteiger partial charge is 0.364 e. The zero-order chi connectivity index (χ0) is 11.7. The topological polar surface area (TPSA) is 31.6 Å². The van der Waals surface area contributed by atoms with Gasteiger partial charge in [-0.2, -0.15) is 0 Å². The van der Waals surface area contributed by atoms with E-state index in [-0.39, 0.29) is 5.41 Å². The van der Waals surface area contributed by atoms with Gasteiger partial charge in [-0.1, -0.05) is 6.07 Å². The van der Waals surface area contributed by atoms with Gasteiger partial charge in [0, 0.05) is 28.7 Å². The summed E-state index contributed by atoms with van der Waals surface area (Å²) >= 11 is 1.79. The van der Waals surface area contributed by atoms with Crippen molar-refractivity contribution in [2.45, 2.75) is 12.3 Å². The predicted molar refractivity (Wildman–Crippen MR) is 71.5 cm³/mol. The Kier molecular flexibility index (Phi) is 2.41. The molecule has 3 aromatic heterocycles. The minimum absolute atomic E-state index is 0.124. The Bertz CT molecular complexity index is 478. The van der Waals surface area contributed by atoms with E-state index < -0.39 is 0 Å². The summed E-state index contributed by atoms with van der Waals surface area (Å²) in [7, 11) is 0. The van der Waals surface area contributed by atoms with Crippen LogP contribution < -0.4 is 0 Å². The van der Waals surface area contributed by atoms with Crippen LogP contribution in [0.2, 0.25) is 0 Å². The Morgan fingerprint density at radius 3 is 2.00 bits per heavy atom. The van der Waals surface area contributed by atoms with Gasteiger partial charge in [0.2, 0.25) is 0 Å². The van der Waals surface area contributed by atoms with E-state index >= 15 is 0 Å². The minimum Gasteiger partial charge on any atom is -0.364 e. The molecule has 0 fully saturated rings. The Labute approximate surface area is 104 Å². The molecular formula is C14H14N2S. The molecule has 0 aliphatic carbocycles. The normalized spacial score (nSPS) is 11.8. The highest BCUT2D eigenvalue weighted by Gasteiger charge is 2.33. The number of nitrogens with one attached hydrogen (secondary N) is 2. The van der Waals surface area contributed by atoms with Crippen LogP contribution in [0.3, 0.4) is 0 Å². The molecule has 3 heterocycles. The standard InChI is InChI=1S/C14H14N2S/c1-14(11-5-2-8-15-11,12-6-3-9-16-12)13-7-4-10-17-13/h2-10,15-16H,1H3. The van der Waals surface area contributed by atoms with Gasteiger partial charge in [0.05, 0.1) is 5.41 Å². The van der Waals surface area contributed by atoms with E-state index in [1.165, 1.54) is 16.3 Å². The minimum atomic E-state index is -0.124. The zero-order valence-corrected chi connectivity index (χ0v) is 10.4. The van der Waals surface area contributed by atoms with Crippen LogP contribution in [0.5, 0.6) is 0 Å². The second-order valence-corrected chi connectivity index (χ2v) is 5.22. The van der Waals surface area contributed by atoms with Crippen LogP contribution in [0, 0.1) is 0 Å². The summed E-state index contributed by atoms with van der Waals surface area (Å²) in [6.07, 6.45) is 3.95. The van der Waals surface area contributed by atoms with Crippen molar-refractivity contribution in [3.8, 4) is 0 Å². The molecule has 17 heavy (non-hydrogen) atoms. The van der Waals surface area contributed by atoms with Crippen molar-refractivity contribution in [2.24, 2.45) is 0 Å². The number of H-pyrrole nitrogens is 2. The molecule has 2 N–H and O–H groups in total. The lowest BCUT2D eigenvalue weighted by Gasteiger charge is -2.26. The van der Waals surface area contributed by atoms with Crippen molar-refractivity contribution in [3.63, 3.8) is 0 Å². The number of thiophene rings is 1. The van der Waals surface area contributed by atoms with Crippen LogP contribution >= 0.6 is 11.3 Å². The first-order chi connectivity index (χ1) is 8.32.